The molecule has 3 N–H and O–H groups in total. The Bertz CT molecular complexity index is 794. The number of aromatic amines is 1. The van der Waals surface area contributed by atoms with Crippen LogP contribution in [0.25, 0.3) is 11.0 Å². The van der Waals surface area contributed by atoms with E-state index in [9.17, 15) is 0 Å². The molecule has 3 rings (SSSR count). The van der Waals surface area contributed by atoms with E-state index in [1.54, 1.807) is 0 Å². The first-order valence-corrected chi connectivity index (χ1v) is 7.61. The first-order valence-electron chi connectivity index (χ1n) is 6.80. The number of fused-ring (bicyclic) bond motifs is 1. The van der Waals surface area contributed by atoms with E-state index in [4.69, 9.17) is 5.73 Å². The number of aryl methyl sites for hydroxylation is 1. The summed E-state index contributed by atoms with van der Waals surface area (Å²) < 4.78 is 0. The van der Waals surface area contributed by atoms with E-state index >= 15 is 0 Å². The number of nitrogen functional groups attached to an aromatic ring is 1. The molecule has 0 bridgehead atoms. The molecule has 21 heavy (non-hydrogen) atoms. The fraction of sp³-hybridized carbons (Fsp3) is 0.267. The number of rotatable bonds is 3. The lowest BCUT2D eigenvalue weighted by molar-refractivity contribution is 0.744. The zero-order valence-corrected chi connectivity index (χ0v) is 13.0. The SMILES string of the molecule is Cc1cc(Sc2nc3ccc(N)cc3[nH]2)nc(C(C)C)n1. The van der Waals surface area contributed by atoms with Crippen LogP contribution in [0.2, 0.25) is 0 Å². The summed E-state index contributed by atoms with van der Waals surface area (Å²) in [4.78, 5) is 16.9. The maximum atomic E-state index is 5.78. The van der Waals surface area contributed by atoms with E-state index in [0.29, 0.717) is 5.92 Å². The number of hydrogen-bond acceptors (Lipinski definition) is 5. The van der Waals surface area contributed by atoms with E-state index in [-0.39, 0.29) is 0 Å². The first kappa shape index (κ1) is 13.9. The highest BCUT2D eigenvalue weighted by atomic mass is 32.2. The number of benzene rings is 1. The third-order valence-electron chi connectivity index (χ3n) is 3.05. The molecule has 0 unspecified atom stereocenters. The zero-order chi connectivity index (χ0) is 15.0. The Balaban J connectivity index is 1.94. The van der Waals surface area contributed by atoms with Crippen LogP contribution in [0, 0.1) is 6.92 Å². The molecule has 108 valence electrons. The van der Waals surface area contributed by atoms with Crippen molar-refractivity contribution in [2.75, 3.05) is 5.73 Å². The van der Waals surface area contributed by atoms with Gasteiger partial charge in [0.15, 0.2) is 5.16 Å². The Labute approximate surface area is 127 Å². The highest BCUT2D eigenvalue weighted by Crippen LogP contribution is 2.27. The molecule has 0 saturated carbocycles. The van der Waals surface area contributed by atoms with Gasteiger partial charge in [-0.1, -0.05) is 13.8 Å². The Hall–Kier alpha value is -2.08. The third-order valence-corrected chi connectivity index (χ3v) is 3.85. The molecule has 6 heteroatoms. The van der Waals surface area contributed by atoms with Crippen LogP contribution in [0.15, 0.2) is 34.4 Å². The Morgan fingerprint density at radius 3 is 2.71 bits per heavy atom. The van der Waals surface area contributed by atoms with Gasteiger partial charge >= 0.3 is 0 Å². The molecule has 1 aromatic carbocycles. The number of H-pyrrole nitrogens is 1. The Morgan fingerprint density at radius 1 is 1.14 bits per heavy atom. The molecule has 0 aliphatic heterocycles. The third kappa shape index (κ3) is 3.00. The topological polar surface area (TPSA) is 80.5 Å². The van der Waals surface area contributed by atoms with Crippen molar-refractivity contribution < 1.29 is 0 Å². The second-order valence-electron chi connectivity index (χ2n) is 5.28. The Morgan fingerprint density at radius 2 is 1.95 bits per heavy atom. The molecule has 5 nitrogen and oxygen atoms in total. The molecule has 2 heterocycles. The number of nitrogens with zero attached hydrogens (tertiary/aromatic N) is 3. The molecule has 0 aliphatic carbocycles. The smallest absolute Gasteiger partial charge is 0.172 e. The Kier molecular flexibility index (Phi) is 3.55. The minimum Gasteiger partial charge on any atom is -0.399 e. The van der Waals surface area contributed by atoms with Gasteiger partial charge < -0.3 is 10.7 Å². The molecule has 0 spiro atoms. The van der Waals surface area contributed by atoms with Crippen LogP contribution in [0.3, 0.4) is 0 Å². The molecule has 0 fully saturated rings. The fourth-order valence-corrected chi connectivity index (χ4v) is 2.90. The quantitative estimate of drug-likeness (QED) is 0.571. The summed E-state index contributed by atoms with van der Waals surface area (Å²) in [5.41, 5.74) is 9.32. The summed E-state index contributed by atoms with van der Waals surface area (Å²) in [6, 6.07) is 7.62. The van der Waals surface area contributed by atoms with Crippen molar-refractivity contribution in [2.24, 2.45) is 0 Å². The highest BCUT2D eigenvalue weighted by Gasteiger charge is 2.10. The predicted octanol–water partition coefficient (Wildman–Crippen LogP) is 3.52. The van der Waals surface area contributed by atoms with Gasteiger partial charge in [0, 0.05) is 17.3 Å². The summed E-state index contributed by atoms with van der Waals surface area (Å²) in [5, 5.41) is 1.71. The molecule has 2 aromatic heterocycles. The van der Waals surface area contributed by atoms with Gasteiger partial charge in [0.25, 0.3) is 0 Å². The van der Waals surface area contributed by atoms with Gasteiger partial charge in [0.05, 0.1) is 11.0 Å². The van der Waals surface area contributed by atoms with Gasteiger partial charge in [-0.2, -0.15) is 0 Å². The standard InChI is InChI=1S/C15H17N5S/c1-8(2)14-17-9(3)6-13(20-14)21-15-18-11-5-4-10(16)7-12(11)19-15/h4-8H,16H2,1-3H3,(H,18,19). The van der Waals surface area contributed by atoms with E-state index in [0.717, 1.165) is 38.4 Å². The van der Waals surface area contributed by atoms with Gasteiger partial charge in [-0.3, -0.25) is 0 Å². The minimum absolute atomic E-state index is 0.305. The van der Waals surface area contributed by atoms with Crippen LogP contribution in [0.5, 0.6) is 0 Å². The zero-order valence-electron chi connectivity index (χ0n) is 12.2. The lowest BCUT2D eigenvalue weighted by Crippen LogP contribution is -2.00. The summed E-state index contributed by atoms with van der Waals surface area (Å²) in [7, 11) is 0. The van der Waals surface area contributed by atoms with Gasteiger partial charge in [0.1, 0.15) is 10.9 Å². The van der Waals surface area contributed by atoms with Crippen molar-refractivity contribution in [1.29, 1.82) is 0 Å². The van der Waals surface area contributed by atoms with Crippen molar-refractivity contribution >= 4 is 28.5 Å². The van der Waals surface area contributed by atoms with Crippen LogP contribution in [0.4, 0.5) is 5.69 Å². The summed E-state index contributed by atoms with van der Waals surface area (Å²) in [6.45, 7) is 6.16. The van der Waals surface area contributed by atoms with Gasteiger partial charge in [-0.25, -0.2) is 15.0 Å². The summed E-state index contributed by atoms with van der Waals surface area (Å²) in [5.74, 6) is 1.16. The van der Waals surface area contributed by atoms with Crippen molar-refractivity contribution in [1.82, 2.24) is 19.9 Å². The minimum atomic E-state index is 0.305. The number of hydrogen-bond donors (Lipinski definition) is 2. The van der Waals surface area contributed by atoms with Crippen LogP contribution in [-0.4, -0.2) is 19.9 Å². The molecule has 0 aliphatic rings. The molecule has 0 atom stereocenters. The van der Waals surface area contributed by atoms with Crippen molar-refractivity contribution in [3.8, 4) is 0 Å². The van der Waals surface area contributed by atoms with Crippen LogP contribution < -0.4 is 5.73 Å². The molecule has 0 radical (unpaired) electrons. The van der Waals surface area contributed by atoms with Crippen LogP contribution in [0.1, 0.15) is 31.3 Å². The maximum absolute atomic E-state index is 5.78. The average molecular weight is 299 g/mol. The van der Waals surface area contributed by atoms with Crippen molar-refractivity contribution in [2.45, 2.75) is 36.9 Å². The largest absolute Gasteiger partial charge is 0.399 e. The molecular formula is C15H17N5S. The number of anilines is 1. The lowest BCUT2D eigenvalue weighted by atomic mass is 10.2. The van der Waals surface area contributed by atoms with Crippen LogP contribution >= 0.6 is 11.8 Å². The molecule has 0 saturated heterocycles. The first-order chi connectivity index (χ1) is 10.0. The normalized spacial score (nSPS) is 11.4. The van der Waals surface area contributed by atoms with Gasteiger partial charge in [-0.05, 0) is 43.0 Å². The van der Waals surface area contributed by atoms with E-state index < -0.39 is 0 Å². The van der Waals surface area contributed by atoms with Gasteiger partial charge in [-0.15, -0.1) is 0 Å². The second kappa shape index (κ2) is 5.37. The highest BCUT2D eigenvalue weighted by molar-refractivity contribution is 7.99. The van der Waals surface area contributed by atoms with Crippen molar-refractivity contribution in [3.05, 3.63) is 35.8 Å². The number of nitrogens with one attached hydrogen (secondary N) is 1. The number of imidazole rings is 1. The van der Waals surface area contributed by atoms with Gasteiger partial charge in [0.2, 0.25) is 0 Å². The maximum Gasteiger partial charge on any atom is 0.172 e. The number of aromatic nitrogens is 4. The number of nitrogens with two attached hydrogens (primary N) is 1. The predicted molar refractivity (Wildman–Crippen MR) is 85.5 cm³/mol. The van der Waals surface area contributed by atoms with E-state index in [1.807, 2.05) is 31.2 Å². The lowest BCUT2D eigenvalue weighted by Gasteiger charge is -2.06. The summed E-state index contributed by atoms with van der Waals surface area (Å²) in [6.07, 6.45) is 0. The van der Waals surface area contributed by atoms with Crippen LogP contribution in [-0.2, 0) is 0 Å². The monoisotopic (exact) mass is 299 g/mol. The van der Waals surface area contributed by atoms with Crippen molar-refractivity contribution in [3.63, 3.8) is 0 Å². The molecular weight excluding hydrogens is 282 g/mol. The second-order valence-corrected chi connectivity index (χ2v) is 6.29. The molecule has 3 aromatic rings. The molecule has 0 amide bonds. The van der Waals surface area contributed by atoms with E-state index in [2.05, 4.69) is 33.8 Å². The fourth-order valence-electron chi connectivity index (χ4n) is 2.02. The summed E-state index contributed by atoms with van der Waals surface area (Å²) >= 11 is 1.51. The van der Waals surface area contributed by atoms with E-state index in [1.165, 1.54) is 11.8 Å². The average Bonchev–Trinajstić information content (AvgIpc) is 2.79.